The number of hydrogen-bond donors (Lipinski definition) is 2. The van der Waals surface area contributed by atoms with Gasteiger partial charge in [0.1, 0.15) is 5.75 Å². The molecule has 102 valence electrons. The number of nitrogens with one attached hydrogen (secondary N) is 1. The topological polar surface area (TPSA) is 50.7 Å². The lowest BCUT2D eigenvalue weighted by Crippen LogP contribution is -2.39. The van der Waals surface area contributed by atoms with Crippen LogP contribution in [0.25, 0.3) is 0 Å². The molecule has 6 heteroatoms. The first kappa shape index (κ1) is 15.9. The van der Waals surface area contributed by atoms with Crippen molar-refractivity contribution in [2.45, 2.75) is 25.8 Å². The largest absolute Gasteiger partial charge is 0.506 e. The van der Waals surface area contributed by atoms with Crippen LogP contribution in [0.5, 0.6) is 5.75 Å². The summed E-state index contributed by atoms with van der Waals surface area (Å²) in [6.07, 6.45) is -0.283. The molecular formula is C12H17Br2NO3. The average Bonchev–Trinajstić information content (AvgIpc) is 2.34. The fourth-order valence-corrected chi connectivity index (χ4v) is 2.88. The van der Waals surface area contributed by atoms with Crippen molar-refractivity contribution in [3.05, 3.63) is 26.6 Å². The molecule has 1 rings (SSSR count). The number of benzene rings is 1. The molecule has 0 saturated carbocycles. The highest BCUT2D eigenvalue weighted by Crippen LogP contribution is 2.33. The van der Waals surface area contributed by atoms with Gasteiger partial charge in [-0.3, -0.25) is 0 Å². The molecule has 1 atom stereocenters. The zero-order chi connectivity index (χ0) is 13.7. The molecule has 1 aromatic carbocycles. The van der Waals surface area contributed by atoms with Crippen LogP contribution in [0.1, 0.15) is 12.5 Å². The molecule has 1 aromatic rings. The van der Waals surface area contributed by atoms with Crippen LogP contribution in [0.15, 0.2) is 21.1 Å². The molecule has 18 heavy (non-hydrogen) atoms. The molecule has 0 aliphatic rings. The van der Waals surface area contributed by atoms with E-state index < -0.39 is 0 Å². The minimum atomic E-state index is -0.283. The molecular weight excluding hydrogens is 366 g/mol. The van der Waals surface area contributed by atoms with Crippen molar-refractivity contribution in [1.29, 1.82) is 0 Å². The maximum Gasteiger partial charge on any atom is 0.171 e. The van der Waals surface area contributed by atoms with E-state index in [2.05, 4.69) is 37.2 Å². The van der Waals surface area contributed by atoms with Crippen molar-refractivity contribution in [3.63, 3.8) is 0 Å². The third-order valence-corrected chi connectivity index (χ3v) is 3.79. The van der Waals surface area contributed by atoms with Crippen LogP contribution in [0.2, 0.25) is 0 Å². The molecule has 1 unspecified atom stereocenters. The SMILES string of the molecule is COC(OC)C(C)NCc1cc(Br)c(O)c(Br)c1. The zero-order valence-electron chi connectivity index (χ0n) is 10.5. The van der Waals surface area contributed by atoms with Crippen molar-refractivity contribution >= 4 is 31.9 Å². The summed E-state index contributed by atoms with van der Waals surface area (Å²) in [5.74, 6) is 0.207. The van der Waals surface area contributed by atoms with E-state index in [0.717, 1.165) is 5.56 Å². The van der Waals surface area contributed by atoms with Crippen LogP contribution < -0.4 is 5.32 Å². The fourth-order valence-electron chi connectivity index (χ4n) is 1.60. The summed E-state index contributed by atoms with van der Waals surface area (Å²) < 4.78 is 11.7. The number of ether oxygens (including phenoxy) is 2. The van der Waals surface area contributed by atoms with E-state index in [4.69, 9.17) is 9.47 Å². The van der Waals surface area contributed by atoms with E-state index in [-0.39, 0.29) is 18.1 Å². The van der Waals surface area contributed by atoms with Crippen LogP contribution in [0.4, 0.5) is 0 Å². The van der Waals surface area contributed by atoms with Crippen LogP contribution in [-0.2, 0) is 16.0 Å². The first-order chi connectivity index (χ1) is 8.49. The Hall–Kier alpha value is -0.140. The van der Waals surface area contributed by atoms with Gasteiger partial charge in [-0.05, 0) is 56.5 Å². The Kier molecular flexibility index (Phi) is 6.59. The summed E-state index contributed by atoms with van der Waals surface area (Å²) in [4.78, 5) is 0. The van der Waals surface area contributed by atoms with Gasteiger partial charge in [0.15, 0.2) is 6.29 Å². The second-order valence-corrected chi connectivity index (χ2v) is 5.63. The van der Waals surface area contributed by atoms with Gasteiger partial charge in [-0.15, -0.1) is 0 Å². The maximum absolute atomic E-state index is 9.62. The maximum atomic E-state index is 9.62. The lowest BCUT2D eigenvalue weighted by molar-refractivity contribution is -0.119. The van der Waals surface area contributed by atoms with Crippen LogP contribution >= 0.6 is 31.9 Å². The van der Waals surface area contributed by atoms with Gasteiger partial charge in [0, 0.05) is 20.8 Å². The third kappa shape index (κ3) is 4.20. The van der Waals surface area contributed by atoms with Crippen molar-refractivity contribution in [2.24, 2.45) is 0 Å². The van der Waals surface area contributed by atoms with E-state index >= 15 is 0 Å². The Balaban J connectivity index is 2.64. The van der Waals surface area contributed by atoms with Gasteiger partial charge in [0.2, 0.25) is 0 Å². The van der Waals surface area contributed by atoms with Gasteiger partial charge < -0.3 is 19.9 Å². The number of aromatic hydroxyl groups is 1. The average molecular weight is 383 g/mol. The molecule has 0 amide bonds. The van der Waals surface area contributed by atoms with Crippen LogP contribution in [-0.4, -0.2) is 31.7 Å². The van der Waals surface area contributed by atoms with E-state index in [0.29, 0.717) is 15.5 Å². The highest BCUT2D eigenvalue weighted by molar-refractivity contribution is 9.11. The predicted molar refractivity (Wildman–Crippen MR) is 77.6 cm³/mol. The molecule has 0 bridgehead atoms. The summed E-state index contributed by atoms with van der Waals surface area (Å²) >= 11 is 6.61. The molecule has 0 radical (unpaired) electrons. The number of hydrogen-bond acceptors (Lipinski definition) is 4. The molecule has 4 nitrogen and oxygen atoms in total. The number of phenolic OH excluding ortho intramolecular Hbond substituents is 1. The monoisotopic (exact) mass is 381 g/mol. The van der Waals surface area contributed by atoms with E-state index in [1.54, 1.807) is 14.2 Å². The molecule has 0 aliphatic heterocycles. The molecule has 0 aromatic heterocycles. The van der Waals surface area contributed by atoms with Gasteiger partial charge in [-0.2, -0.15) is 0 Å². The number of phenols is 1. The quantitative estimate of drug-likeness (QED) is 0.742. The molecule has 0 aliphatic carbocycles. The van der Waals surface area contributed by atoms with Gasteiger partial charge in [0.25, 0.3) is 0 Å². The van der Waals surface area contributed by atoms with E-state index in [9.17, 15) is 5.11 Å². The highest BCUT2D eigenvalue weighted by atomic mass is 79.9. The van der Waals surface area contributed by atoms with Gasteiger partial charge in [0.05, 0.1) is 15.0 Å². The standard InChI is InChI=1S/C12H17Br2NO3/c1-7(12(17-2)18-3)15-6-8-4-9(13)11(16)10(14)5-8/h4-5,7,12,15-16H,6H2,1-3H3. The Morgan fingerprint density at radius 3 is 2.17 bits per heavy atom. The zero-order valence-corrected chi connectivity index (χ0v) is 13.7. The fraction of sp³-hybridized carbons (Fsp3) is 0.500. The molecule has 2 N–H and O–H groups in total. The van der Waals surface area contributed by atoms with Crippen molar-refractivity contribution in [1.82, 2.24) is 5.32 Å². The summed E-state index contributed by atoms with van der Waals surface area (Å²) in [7, 11) is 3.22. The Labute approximate surface area is 124 Å². The number of methoxy groups -OCH3 is 2. The van der Waals surface area contributed by atoms with Gasteiger partial charge in [-0.25, -0.2) is 0 Å². The van der Waals surface area contributed by atoms with Crippen molar-refractivity contribution in [3.8, 4) is 5.75 Å². The lowest BCUT2D eigenvalue weighted by Gasteiger charge is -2.22. The lowest BCUT2D eigenvalue weighted by atomic mass is 10.2. The normalized spacial score (nSPS) is 13.0. The number of halogens is 2. The first-order valence-electron chi connectivity index (χ1n) is 5.45. The van der Waals surface area contributed by atoms with E-state index in [1.165, 1.54) is 0 Å². The number of rotatable bonds is 6. The van der Waals surface area contributed by atoms with Crippen LogP contribution in [0.3, 0.4) is 0 Å². The molecule has 0 heterocycles. The Morgan fingerprint density at radius 2 is 1.72 bits per heavy atom. The highest BCUT2D eigenvalue weighted by Gasteiger charge is 2.15. The minimum absolute atomic E-state index is 0.0614. The Bertz CT molecular complexity index is 374. The summed E-state index contributed by atoms with van der Waals surface area (Å²) in [6, 6.07) is 3.80. The second kappa shape index (κ2) is 7.45. The first-order valence-corrected chi connectivity index (χ1v) is 7.04. The third-order valence-electron chi connectivity index (χ3n) is 2.58. The van der Waals surface area contributed by atoms with Crippen molar-refractivity contribution in [2.75, 3.05) is 14.2 Å². The van der Waals surface area contributed by atoms with E-state index in [1.807, 2.05) is 19.1 Å². The molecule has 0 spiro atoms. The molecule has 0 fully saturated rings. The predicted octanol–water partition coefficient (Wildman–Crippen LogP) is 3.01. The molecule has 0 saturated heterocycles. The minimum Gasteiger partial charge on any atom is -0.506 e. The summed E-state index contributed by atoms with van der Waals surface area (Å²) in [5, 5.41) is 12.9. The smallest absolute Gasteiger partial charge is 0.171 e. The van der Waals surface area contributed by atoms with Crippen LogP contribution in [0, 0.1) is 0 Å². The van der Waals surface area contributed by atoms with Crippen molar-refractivity contribution < 1.29 is 14.6 Å². The van der Waals surface area contributed by atoms with Gasteiger partial charge in [-0.1, -0.05) is 0 Å². The summed E-state index contributed by atoms with van der Waals surface area (Å²) in [6.45, 7) is 2.64. The summed E-state index contributed by atoms with van der Waals surface area (Å²) in [5.41, 5.74) is 1.05. The Morgan fingerprint density at radius 1 is 1.22 bits per heavy atom. The van der Waals surface area contributed by atoms with Gasteiger partial charge >= 0.3 is 0 Å². The second-order valence-electron chi connectivity index (χ2n) is 3.92.